The van der Waals surface area contributed by atoms with Gasteiger partial charge in [0.05, 0.1) is 0 Å². The Bertz CT molecular complexity index is 380. The minimum Gasteiger partial charge on any atom is -0.323 e. The van der Waals surface area contributed by atoms with Crippen LogP contribution in [-0.4, -0.2) is 46.6 Å². The summed E-state index contributed by atoms with van der Waals surface area (Å²) >= 11 is 0.779. The van der Waals surface area contributed by atoms with Crippen molar-refractivity contribution >= 4 is 22.8 Å². The fourth-order valence-electron chi connectivity index (χ4n) is 1.94. The second kappa shape index (κ2) is 5.82. The van der Waals surface area contributed by atoms with Gasteiger partial charge in [-0.25, -0.2) is 0 Å². The maximum absolute atomic E-state index is 12.5. The van der Waals surface area contributed by atoms with Crippen molar-refractivity contribution in [2.75, 3.05) is 12.3 Å². The molecule has 0 radical (unpaired) electrons. The van der Waals surface area contributed by atoms with Crippen molar-refractivity contribution in [3.8, 4) is 0 Å². The maximum atomic E-state index is 12.5. The topological polar surface area (TPSA) is 37.4 Å². The van der Waals surface area contributed by atoms with E-state index in [1.165, 1.54) is 6.92 Å². The molecule has 1 saturated heterocycles. The zero-order valence-corrected chi connectivity index (χ0v) is 11.0. The summed E-state index contributed by atoms with van der Waals surface area (Å²) in [4.78, 5) is 21.9. The molecule has 0 saturated carbocycles. The Hall–Kier alpha value is -0.930. The standard InChI is InChI=1S/C10H11F6NO2S/c1-5(18)20-4-6-2-7(19)17(3-6)8(9(11,12)13)10(14,15)16/h6,8H,2-4H2,1H3. The molecule has 1 heterocycles. The summed E-state index contributed by atoms with van der Waals surface area (Å²) in [6.45, 7) is 0.580. The Kier molecular flexibility index (Phi) is 4.99. The number of carbonyl (C=O) groups is 2. The van der Waals surface area contributed by atoms with E-state index >= 15 is 0 Å². The van der Waals surface area contributed by atoms with E-state index in [0.29, 0.717) is 0 Å². The Morgan fingerprint density at radius 3 is 2.20 bits per heavy atom. The molecule has 116 valence electrons. The van der Waals surface area contributed by atoms with Gasteiger partial charge in [0.2, 0.25) is 11.9 Å². The molecule has 0 aromatic carbocycles. The molecule has 1 aliphatic heterocycles. The molecule has 0 bridgehead atoms. The quantitative estimate of drug-likeness (QED) is 0.749. The highest BCUT2D eigenvalue weighted by atomic mass is 32.2. The third-order valence-electron chi connectivity index (χ3n) is 2.69. The van der Waals surface area contributed by atoms with E-state index in [1.807, 2.05) is 0 Å². The Labute approximate surface area is 114 Å². The highest BCUT2D eigenvalue weighted by Gasteiger charge is 2.62. The molecule has 1 unspecified atom stereocenters. The molecular formula is C10H11F6NO2S. The number of carbonyl (C=O) groups excluding carboxylic acids is 2. The van der Waals surface area contributed by atoms with Gasteiger partial charge >= 0.3 is 12.4 Å². The number of thioether (sulfide) groups is 1. The van der Waals surface area contributed by atoms with Gasteiger partial charge in [0.25, 0.3) is 0 Å². The van der Waals surface area contributed by atoms with Crippen LogP contribution in [0.2, 0.25) is 0 Å². The second-order valence-electron chi connectivity index (χ2n) is 4.40. The first-order chi connectivity index (χ1) is 8.93. The van der Waals surface area contributed by atoms with Crippen LogP contribution >= 0.6 is 11.8 Å². The minimum atomic E-state index is -5.57. The molecule has 0 aromatic heterocycles. The number of rotatable bonds is 3. The molecule has 3 nitrogen and oxygen atoms in total. The van der Waals surface area contributed by atoms with Crippen molar-refractivity contribution in [1.82, 2.24) is 4.90 Å². The van der Waals surface area contributed by atoms with Gasteiger partial charge in [0, 0.05) is 25.6 Å². The van der Waals surface area contributed by atoms with Crippen LogP contribution in [0.25, 0.3) is 0 Å². The van der Waals surface area contributed by atoms with Gasteiger partial charge in [-0.2, -0.15) is 26.3 Å². The van der Waals surface area contributed by atoms with E-state index in [9.17, 15) is 35.9 Å². The molecule has 0 aliphatic carbocycles. The van der Waals surface area contributed by atoms with Crippen molar-refractivity contribution in [2.45, 2.75) is 31.7 Å². The smallest absolute Gasteiger partial charge is 0.323 e. The van der Waals surface area contributed by atoms with Crippen molar-refractivity contribution in [3.63, 3.8) is 0 Å². The summed E-state index contributed by atoms with van der Waals surface area (Å²) in [5, 5.41) is -0.306. The lowest BCUT2D eigenvalue weighted by molar-refractivity contribution is -0.282. The summed E-state index contributed by atoms with van der Waals surface area (Å²) in [5.41, 5.74) is 0. The SMILES string of the molecule is CC(=O)SCC1CC(=O)N(C(C(F)(F)F)C(F)(F)F)C1. The van der Waals surface area contributed by atoms with Crippen LogP contribution in [0.15, 0.2) is 0 Å². The van der Waals surface area contributed by atoms with Crippen LogP contribution in [0, 0.1) is 5.92 Å². The maximum Gasteiger partial charge on any atom is 0.417 e. The Morgan fingerprint density at radius 2 is 1.80 bits per heavy atom. The molecule has 0 N–H and O–H groups in total. The van der Waals surface area contributed by atoms with Gasteiger partial charge in [-0.1, -0.05) is 11.8 Å². The highest BCUT2D eigenvalue weighted by molar-refractivity contribution is 8.13. The van der Waals surface area contributed by atoms with E-state index in [-0.39, 0.29) is 15.8 Å². The number of amides is 1. The first-order valence-corrected chi connectivity index (χ1v) is 6.47. The number of alkyl halides is 6. The molecule has 1 aliphatic rings. The van der Waals surface area contributed by atoms with Crippen molar-refractivity contribution in [1.29, 1.82) is 0 Å². The summed E-state index contributed by atoms with van der Waals surface area (Å²) in [7, 11) is 0. The van der Waals surface area contributed by atoms with Gasteiger partial charge in [-0.05, 0) is 5.92 Å². The van der Waals surface area contributed by atoms with E-state index in [0.717, 1.165) is 11.8 Å². The van der Waals surface area contributed by atoms with Crippen molar-refractivity contribution in [3.05, 3.63) is 0 Å². The average Bonchev–Trinajstić information content (AvgIpc) is 2.53. The number of hydrogen-bond acceptors (Lipinski definition) is 3. The third kappa shape index (κ3) is 4.29. The van der Waals surface area contributed by atoms with Gasteiger partial charge < -0.3 is 4.90 Å². The monoisotopic (exact) mass is 323 g/mol. The first kappa shape index (κ1) is 17.1. The molecule has 20 heavy (non-hydrogen) atoms. The lowest BCUT2D eigenvalue weighted by Gasteiger charge is -2.31. The largest absolute Gasteiger partial charge is 0.417 e. The lowest BCUT2D eigenvalue weighted by atomic mass is 10.1. The van der Waals surface area contributed by atoms with Gasteiger partial charge in [0.15, 0.2) is 5.12 Å². The summed E-state index contributed by atoms with van der Waals surface area (Å²) in [5.74, 6) is -1.86. The number of halogens is 6. The molecular weight excluding hydrogens is 312 g/mol. The zero-order chi connectivity index (χ0) is 15.7. The predicted octanol–water partition coefficient (Wildman–Crippen LogP) is 2.61. The van der Waals surface area contributed by atoms with E-state index < -0.39 is 43.2 Å². The van der Waals surface area contributed by atoms with Crippen molar-refractivity contribution < 1.29 is 35.9 Å². The van der Waals surface area contributed by atoms with Gasteiger partial charge in [0.1, 0.15) is 0 Å². The molecule has 0 aromatic rings. The fraction of sp³-hybridized carbons (Fsp3) is 0.800. The fourth-order valence-corrected chi connectivity index (χ4v) is 2.64. The molecule has 10 heteroatoms. The molecule has 1 rings (SSSR count). The van der Waals surface area contributed by atoms with Crippen LogP contribution < -0.4 is 0 Å². The molecule has 0 spiro atoms. The molecule has 1 atom stereocenters. The van der Waals surface area contributed by atoms with Gasteiger partial charge in [-0.3, -0.25) is 9.59 Å². The first-order valence-electron chi connectivity index (χ1n) is 5.49. The van der Waals surface area contributed by atoms with Crippen LogP contribution in [0.5, 0.6) is 0 Å². The summed E-state index contributed by atoms with van der Waals surface area (Å²) in [6, 6.07) is -3.78. The van der Waals surface area contributed by atoms with Crippen LogP contribution in [0.3, 0.4) is 0 Å². The van der Waals surface area contributed by atoms with Crippen LogP contribution in [-0.2, 0) is 9.59 Å². The molecule has 1 fully saturated rings. The van der Waals surface area contributed by atoms with Crippen LogP contribution in [0.1, 0.15) is 13.3 Å². The van der Waals surface area contributed by atoms with Gasteiger partial charge in [-0.15, -0.1) is 0 Å². The lowest BCUT2D eigenvalue weighted by Crippen LogP contribution is -2.55. The summed E-state index contributed by atoms with van der Waals surface area (Å²) in [6.07, 6.45) is -11.6. The summed E-state index contributed by atoms with van der Waals surface area (Å²) < 4.78 is 75.1. The third-order valence-corrected chi connectivity index (χ3v) is 3.74. The Balaban J connectivity index is 2.84. The average molecular weight is 323 g/mol. The van der Waals surface area contributed by atoms with E-state index in [4.69, 9.17) is 0 Å². The van der Waals surface area contributed by atoms with E-state index in [1.54, 1.807) is 0 Å². The minimum absolute atomic E-state index is 0.0278. The zero-order valence-electron chi connectivity index (χ0n) is 10.2. The van der Waals surface area contributed by atoms with E-state index in [2.05, 4.69) is 0 Å². The van der Waals surface area contributed by atoms with Crippen molar-refractivity contribution in [2.24, 2.45) is 5.92 Å². The number of likely N-dealkylation sites (tertiary alicyclic amines) is 1. The second-order valence-corrected chi connectivity index (χ2v) is 5.60. The highest BCUT2D eigenvalue weighted by Crippen LogP contribution is 2.40. The van der Waals surface area contributed by atoms with Crippen LogP contribution in [0.4, 0.5) is 26.3 Å². The number of hydrogen-bond donors (Lipinski definition) is 0. The molecule has 1 amide bonds. The normalized spacial score (nSPS) is 20.9. The number of nitrogens with zero attached hydrogens (tertiary/aromatic N) is 1. The Morgan fingerprint density at radius 1 is 1.30 bits per heavy atom. The predicted molar refractivity (Wildman–Crippen MR) is 58.9 cm³/mol.